The second kappa shape index (κ2) is 5.85. The molecular weight excluding hydrogens is 220 g/mol. The van der Waals surface area contributed by atoms with Gasteiger partial charge in [0.15, 0.2) is 0 Å². The van der Waals surface area contributed by atoms with Gasteiger partial charge in [-0.25, -0.2) is 0 Å². The minimum absolute atomic E-state index is 0.145. The van der Waals surface area contributed by atoms with E-state index < -0.39 is 0 Å². The summed E-state index contributed by atoms with van der Waals surface area (Å²) in [4.78, 5) is 2.60. The van der Waals surface area contributed by atoms with Crippen molar-refractivity contribution in [2.45, 2.75) is 51.1 Å². The lowest BCUT2D eigenvalue weighted by Crippen LogP contribution is -2.57. The van der Waals surface area contributed by atoms with Crippen LogP contribution in [0.4, 0.5) is 0 Å². The third-order valence-corrected chi connectivity index (χ3v) is 4.64. The number of hydrogen-bond acceptors (Lipinski definition) is 2. The van der Waals surface area contributed by atoms with Crippen LogP contribution in [-0.2, 0) is 6.42 Å². The molecule has 1 heterocycles. The van der Waals surface area contributed by atoms with Crippen LogP contribution in [0, 0.1) is 0 Å². The van der Waals surface area contributed by atoms with Gasteiger partial charge in [0, 0.05) is 11.6 Å². The first kappa shape index (κ1) is 13.6. The van der Waals surface area contributed by atoms with Gasteiger partial charge in [-0.15, -0.1) is 0 Å². The lowest BCUT2D eigenvalue weighted by Gasteiger charge is -2.43. The van der Waals surface area contributed by atoms with Crippen LogP contribution in [0.5, 0.6) is 0 Å². The van der Waals surface area contributed by atoms with E-state index in [4.69, 9.17) is 5.73 Å². The molecule has 0 spiro atoms. The Morgan fingerprint density at radius 3 is 2.39 bits per heavy atom. The highest BCUT2D eigenvalue weighted by Gasteiger charge is 2.37. The molecule has 1 saturated heterocycles. The van der Waals surface area contributed by atoms with Crippen LogP contribution in [0.25, 0.3) is 0 Å². The molecule has 2 nitrogen and oxygen atoms in total. The second-order valence-corrected chi connectivity index (χ2v) is 5.70. The van der Waals surface area contributed by atoms with Crippen molar-refractivity contribution in [2.75, 3.05) is 13.1 Å². The van der Waals surface area contributed by atoms with Gasteiger partial charge in [-0.1, -0.05) is 37.3 Å². The molecule has 1 aromatic rings. The van der Waals surface area contributed by atoms with Crippen molar-refractivity contribution in [1.82, 2.24) is 4.90 Å². The van der Waals surface area contributed by atoms with Crippen molar-refractivity contribution in [3.05, 3.63) is 35.9 Å². The Bertz CT molecular complexity index is 357. The predicted molar refractivity (Wildman–Crippen MR) is 77.6 cm³/mol. The summed E-state index contributed by atoms with van der Waals surface area (Å²) in [5.74, 6) is 0. The van der Waals surface area contributed by atoms with Crippen molar-refractivity contribution in [3.63, 3.8) is 0 Å². The van der Waals surface area contributed by atoms with Gasteiger partial charge in [0.1, 0.15) is 0 Å². The molecule has 2 heteroatoms. The van der Waals surface area contributed by atoms with Crippen LogP contribution in [-0.4, -0.2) is 29.6 Å². The van der Waals surface area contributed by atoms with Crippen molar-refractivity contribution >= 4 is 0 Å². The Kier molecular flexibility index (Phi) is 4.41. The lowest BCUT2D eigenvalue weighted by atomic mass is 9.84. The van der Waals surface area contributed by atoms with E-state index in [1.165, 1.54) is 31.5 Å². The van der Waals surface area contributed by atoms with Crippen LogP contribution < -0.4 is 5.73 Å². The number of benzene rings is 1. The Morgan fingerprint density at radius 2 is 1.83 bits per heavy atom. The van der Waals surface area contributed by atoms with Crippen molar-refractivity contribution < 1.29 is 0 Å². The molecule has 18 heavy (non-hydrogen) atoms. The monoisotopic (exact) mass is 246 g/mol. The van der Waals surface area contributed by atoms with E-state index in [-0.39, 0.29) is 11.6 Å². The first-order valence-corrected chi connectivity index (χ1v) is 7.21. The molecule has 100 valence electrons. The average Bonchev–Trinajstić information content (AvgIpc) is 2.93. The van der Waals surface area contributed by atoms with Gasteiger partial charge in [0.2, 0.25) is 0 Å². The van der Waals surface area contributed by atoms with Gasteiger partial charge in [0.25, 0.3) is 0 Å². The maximum atomic E-state index is 6.53. The molecule has 0 bridgehead atoms. The van der Waals surface area contributed by atoms with Crippen molar-refractivity contribution in [3.8, 4) is 0 Å². The lowest BCUT2D eigenvalue weighted by molar-refractivity contribution is 0.0999. The molecule has 1 aliphatic rings. The van der Waals surface area contributed by atoms with E-state index in [9.17, 15) is 0 Å². The zero-order chi connectivity index (χ0) is 13.0. The zero-order valence-corrected chi connectivity index (χ0v) is 11.7. The Balaban J connectivity index is 2.07. The molecule has 1 aromatic carbocycles. The third kappa shape index (κ3) is 2.76. The van der Waals surface area contributed by atoms with Gasteiger partial charge < -0.3 is 5.73 Å². The normalized spacial score (nSPS) is 21.7. The largest absolute Gasteiger partial charge is 0.326 e. The molecule has 0 saturated carbocycles. The molecule has 2 rings (SSSR count). The topological polar surface area (TPSA) is 29.3 Å². The second-order valence-electron chi connectivity index (χ2n) is 5.70. The first-order valence-electron chi connectivity index (χ1n) is 7.21. The fourth-order valence-corrected chi connectivity index (χ4v) is 3.04. The highest BCUT2D eigenvalue weighted by atomic mass is 15.2. The fourth-order valence-electron chi connectivity index (χ4n) is 3.04. The first-order chi connectivity index (χ1) is 8.66. The summed E-state index contributed by atoms with van der Waals surface area (Å²) in [6, 6.07) is 10.8. The molecule has 0 aromatic heterocycles. The van der Waals surface area contributed by atoms with E-state index in [1.807, 2.05) is 0 Å². The Labute approximate surface area is 111 Å². The van der Waals surface area contributed by atoms with Crippen molar-refractivity contribution in [2.24, 2.45) is 5.73 Å². The summed E-state index contributed by atoms with van der Waals surface area (Å²) in [7, 11) is 0. The molecule has 0 radical (unpaired) electrons. The van der Waals surface area contributed by atoms with Gasteiger partial charge in [-0.05, 0) is 51.3 Å². The highest BCUT2D eigenvalue weighted by molar-refractivity contribution is 5.17. The van der Waals surface area contributed by atoms with Crippen LogP contribution >= 0.6 is 0 Å². The van der Waals surface area contributed by atoms with Gasteiger partial charge in [-0.2, -0.15) is 0 Å². The Morgan fingerprint density at radius 1 is 1.22 bits per heavy atom. The fraction of sp³-hybridized carbons (Fsp3) is 0.625. The molecule has 2 N–H and O–H groups in total. The zero-order valence-electron chi connectivity index (χ0n) is 11.7. The summed E-state index contributed by atoms with van der Waals surface area (Å²) >= 11 is 0. The number of nitrogens with two attached hydrogens (primary N) is 1. The molecule has 2 atom stereocenters. The molecular formula is C16H26N2. The van der Waals surface area contributed by atoms with E-state index in [2.05, 4.69) is 49.1 Å². The molecule has 1 fully saturated rings. The maximum absolute atomic E-state index is 6.53. The number of rotatable bonds is 5. The van der Waals surface area contributed by atoms with E-state index >= 15 is 0 Å². The van der Waals surface area contributed by atoms with Crippen LogP contribution in [0.2, 0.25) is 0 Å². The van der Waals surface area contributed by atoms with Gasteiger partial charge >= 0.3 is 0 Å². The van der Waals surface area contributed by atoms with E-state index in [0.717, 1.165) is 12.8 Å². The predicted octanol–water partition coefficient (Wildman–Crippen LogP) is 2.82. The van der Waals surface area contributed by atoms with E-state index in [1.54, 1.807) is 0 Å². The highest BCUT2D eigenvalue weighted by Crippen LogP contribution is 2.28. The summed E-state index contributed by atoms with van der Waals surface area (Å²) in [5.41, 5.74) is 8.03. The van der Waals surface area contributed by atoms with E-state index in [0.29, 0.717) is 0 Å². The summed E-state index contributed by atoms with van der Waals surface area (Å²) in [6.07, 6.45) is 4.75. The molecule has 0 amide bonds. The average molecular weight is 246 g/mol. The van der Waals surface area contributed by atoms with Crippen molar-refractivity contribution in [1.29, 1.82) is 0 Å². The minimum Gasteiger partial charge on any atom is -0.326 e. The molecule has 2 unspecified atom stereocenters. The molecule has 0 aliphatic carbocycles. The standard InChI is InChI=1S/C16H26N2/c1-3-16(2,18-11-7-8-12-18)15(17)13-14-9-5-4-6-10-14/h4-6,9-10,15H,3,7-8,11-13,17H2,1-2H3. The van der Waals surface area contributed by atoms with Crippen LogP contribution in [0.15, 0.2) is 30.3 Å². The SMILES string of the molecule is CCC(C)(C(N)Cc1ccccc1)N1CCCC1. The quantitative estimate of drug-likeness (QED) is 0.865. The smallest absolute Gasteiger partial charge is 0.0332 e. The third-order valence-electron chi connectivity index (χ3n) is 4.64. The van der Waals surface area contributed by atoms with Crippen LogP contribution in [0.1, 0.15) is 38.7 Å². The summed E-state index contributed by atoms with van der Waals surface area (Å²) in [5, 5.41) is 0. The van der Waals surface area contributed by atoms with Gasteiger partial charge in [0.05, 0.1) is 0 Å². The Hall–Kier alpha value is -0.860. The van der Waals surface area contributed by atoms with Gasteiger partial charge in [-0.3, -0.25) is 4.90 Å². The number of hydrogen-bond donors (Lipinski definition) is 1. The van der Waals surface area contributed by atoms with Crippen LogP contribution in [0.3, 0.4) is 0 Å². The summed E-state index contributed by atoms with van der Waals surface area (Å²) in [6.45, 7) is 7.04. The molecule has 1 aliphatic heterocycles. The minimum atomic E-state index is 0.145. The number of likely N-dealkylation sites (tertiary alicyclic amines) is 1. The number of nitrogens with zero attached hydrogens (tertiary/aromatic N) is 1. The summed E-state index contributed by atoms with van der Waals surface area (Å²) < 4.78 is 0. The maximum Gasteiger partial charge on any atom is 0.0332 e.